The number of aromatic nitrogens is 3. The number of hydrogen-bond donors (Lipinski definition) is 1. The third-order valence-corrected chi connectivity index (χ3v) is 4.77. The van der Waals surface area contributed by atoms with E-state index >= 15 is 0 Å². The average Bonchev–Trinajstić information content (AvgIpc) is 3.09. The van der Waals surface area contributed by atoms with Gasteiger partial charge in [0, 0.05) is 35.0 Å². The highest BCUT2D eigenvalue weighted by Gasteiger charge is 2.13. The van der Waals surface area contributed by atoms with E-state index in [1.54, 1.807) is 16.8 Å². The Labute approximate surface area is 167 Å². The van der Waals surface area contributed by atoms with Crippen LogP contribution in [0.5, 0.6) is 5.75 Å². The van der Waals surface area contributed by atoms with Gasteiger partial charge >= 0.3 is 0 Å². The minimum absolute atomic E-state index is 0.441. The summed E-state index contributed by atoms with van der Waals surface area (Å²) in [4.78, 5) is 4.73. The Kier molecular flexibility index (Phi) is 5.17. The highest BCUT2D eigenvalue weighted by atomic mass is 35.5. The zero-order valence-electron chi connectivity index (χ0n) is 15.2. The third kappa shape index (κ3) is 3.53. The van der Waals surface area contributed by atoms with E-state index in [0.29, 0.717) is 17.3 Å². The maximum Gasteiger partial charge on any atom is 0.228 e. The highest BCUT2D eigenvalue weighted by Crippen LogP contribution is 2.28. The molecule has 2 aromatic carbocycles. The van der Waals surface area contributed by atoms with Gasteiger partial charge in [0.25, 0.3) is 0 Å². The van der Waals surface area contributed by atoms with Crippen molar-refractivity contribution in [3.8, 4) is 17.0 Å². The fourth-order valence-corrected chi connectivity index (χ4v) is 3.27. The van der Waals surface area contributed by atoms with E-state index in [1.807, 2.05) is 56.4 Å². The number of nitrogens with one attached hydrogen (secondary N) is 1. The van der Waals surface area contributed by atoms with Gasteiger partial charge in [-0.15, -0.1) is 0 Å². The van der Waals surface area contributed by atoms with Gasteiger partial charge in [-0.1, -0.05) is 48.0 Å². The van der Waals surface area contributed by atoms with E-state index < -0.39 is 6.86 Å². The van der Waals surface area contributed by atoms with E-state index in [9.17, 15) is 4.39 Å². The maximum absolute atomic E-state index is 12.6. The standard InChI is InChI=1S/C20H17BClFN4O/c21-15-11-25-27-19(24-10-13-5-1-4-8-18(13)28-12-23)9-17(26-20(15)27)14-6-2-3-7-16(14)22/h1-9,11,24H,10,12,21H2. The molecule has 8 heteroatoms. The molecule has 0 unspecified atom stereocenters. The quantitative estimate of drug-likeness (QED) is 0.510. The lowest BCUT2D eigenvalue weighted by atomic mass is 10.0. The van der Waals surface area contributed by atoms with Crippen LogP contribution in [0.3, 0.4) is 0 Å². The number of alkyl halides is 1. The van der Waals surface area contributed by atoms with Crippen LogP contribution in [-0.2, 0) is 6.54 Å². The van der Waals surface area contributed by atoms with E-state index in [0.717, 1.165) is 33.7 Å². The molecule has 0 amide bonds. The van der Waals surface area contributed by atoms with Crippen molar-refractivity contribution in [3.63, 3.8) is 0 Å². The second kappa shape index (κ2) is 7.90. The highest BCUT2D eigenvalue weighted by molar-refractivity contribution is 6.36. The molecule has 0 saturated heterocycles. The first-order valence-electron chi connectivity index (χ1n) is 8.78. The van der Waals surface area contributed by atoms with Crippen molar-refractivity contribution in [1.29, 1.82) is 0 Å². The zero-order chi connectivity index (χ0) is 19.5. The van der Waals surface area contributed by atoms with Crippen molar-refractivity contribution in [1.82, 2.24) is 14.6 Å². The summed E-state index contributed by atoms with van der Waals surface area (Å²) in [5, 5.41) is 8.40. The number of hydrogen-bond acceptors (Lipinski definition) is 4. The van der Waals surface area contributed by atoms with Gasteiger partial charge in [0.15, 0.2) is 5.65 Å². The zero-order valence-corrected chi connectivity index (χ0v) is 15.9. The van der Waals surface area contributed by atoms with E-state index in [4.69, 9.17) is 21.3 Å². The lowest BCUT2D eigenvalue weighted by Gasteiger charge is -2.13. The molecule has 140 valence electrons. The molecule has 0 saturated carbocycles. The Balaban J connectivity index is 1.74. The van der Waals surface area contributed by atoms with Crippen molar-refractivity contribution in [2.45, 2.75) is 6.54 Å². The van der Waals surface area contributed by atoms with E-state index in [2.05, 4.69) is 10.4 Å². The number of fused-ring (bicyclic) bond motifs is 1. The van der Waals surface area contributed by atoms with Crippen LogP contribution in [0.1, 0.15) is 5.56 Å². The van der Waals surface area contributed by atoms with Crippen molar-refractivity contribution < 1.29 is 9.13 Å². The molecule has 2 heterocycles. The van der Waals surface area contributed by atoms with Gasteiger partial charge < -0.3 is 10.1 Å². The van der Waals surface area contributed by atoms with Crippen LogP contribution in [-0.4, -0.2) is 29.3 Å². The molecule has 0 radical (unpaired) electrons. The van der Waals surface area contributed by atoms with Crippen LogP contribution < -0.4 is 15.5 Å². The SMILES string of the molecule is Bc1cnn2c(NCc3ccccc3OCF)cc(-c3ccccc3Cl)nc12. The minimum atomic E-state index is -0.870. The van der Waals surface area contributed by atoms with Crippen molar-refractivity contribution >= 4 is 36.4 Å². The van der Waals surface area contributed by atoms with E-state index in [-0.39, 0.29) is 0 Å². The number of para-hydroxylation sites is 1. The topological polar surface area (TPSA) is 51.5 Å². The van der Waals surface area contributed by atoms with Crippen LogP contribution in [0.4, 0.5) is 10.2 Å². The molecule has 0 atom stereocenters. The van der Waals surface area contributed by atoms with Gasteiger partial charge in [-0.3, -0.25) is 0 Å². The molecule has 0 spiro atoms. The molecular weight excluding hydrogens is 378 g/mol. The first kappa shape index (κ1) is 18.3. The summed E-state index contributed by atoms with van der Waals surface area (Å²) in [5.41, 5.74) is 4.13. The van der Waals surface area contributed by atoms with E-state index in [1.165, 1.54) is 0 Å². The van der Waals surface area contributed by atoms with Gasteiger partial charge in [0.05, 0.1) is 5.69 Å². The molecule has 1 N–H and O–H groups in total. The summed E-state index contributed by atoms with van der Waals surface area (Å²) < 4.78 is 19.4. The summed E-state index contributed by atoms with van der Waals surface area (Å²) in [6.45, 7) is -0.429. The number of anilines is 1. The normalized spacial score (nSPS) is 10.9. The van der Waals surface area contributed by atoms with Crippen molar-refractivity contribution in [2.24, 2.45) is 0 Å². The summed E-state index contributed by atoms with van der Waals surface area (Å²) in [7, 11) is 1.96. The molecule has 0 aliphatic rings. The molecular formula is C20H17BClFN4O. The fourth-order valence-electron chi connectivity index (χ4n) is 3.04. The number of nitrogens with zero attached hydrogens (tertiary/aromatic N) is 3. The lowest BCUT2D eigenvalue weighted by Crippen LogP contribution is -2.10. The first-order chi connectivity index (χ1) is 13.7. The number of ether oxygens (including phenoxy) is 1. The smallest absolute Gasteiger partial charge is 0.228 e. The van der Waals surface area contributed by atoms with Gasteiger partial charge in [-0.05, 0) is 17.6 Å². The third-order valence-electron chi connectivity index (χ3n) is 4.44. The molecule has 0 aliphatic carbocycles. The summed E-state index contributed by atoms with van der Waals surface area (Å²) in [6.07, 6.45) is 1.77. The summed E-state index contributed by atoms with van der Waals surface area (Å²) in [5.74, 6) is 1.26. The molecule has 0 bridgehead atoms. The molecule has 5 nitrogen and oxygen atoms in total. The largest absolute Gasteiger partial charge is 0.463 e. The fraction of sp³-hybridized carbons (Fsp3) is 0.100. The Morgan fingerprint density at radius 1 is 1.14 bits per heavy atom. The summed E-state index contributed by atoms with van der Waals surface area (Å²) >= 11 is 6.37. The Morgan fingerprint density at radius 2 is 1.93 bits per heavy atom. The summed E-state index contributed by atoms with van der Waals surface area (Å²) in [6, 6.07) is 16.8. The molecule has 28 heavy (non-hydrogen) atoms. The van der Waals surface area contributed by atoms with Gasteiger partial charge in [0.2, 0.25) is 6.86 Å². The number of halogens is 2. The molecule has 4 rings (SSSR count). The molecule has 0 aliphatic heterocycles. The van der Waals surface area contributed by atoms with Crippen LogP contribution in [0.15, 0.2) is 60.8 Å². The van der Waals surface area contributed by atoms with Crippen LogP contribution in [0.2, 0.25) is 5.02 Å². The average molecular weight is 395 g/mol. The molecule has 4 aromatic rings. The Hall–Kier alpha value is -3.06. The van der Waals surface area contributed by atoms with Crippen LogP contribution >= 0.6 is 11.6 Å². The second-order valence-electron chi connectivity index (χ2n) is 6.28. The minimum Gasteiger partial charge on any atom is -0.463 e. The first-order valence-corrected chi connectivity index (χ1v) is 9.16. The molecule has 2 aromatic heterocycles. The molecule has 0 fully saturated rings. The van der Waals surface area contributed by atoms with Gasteiger partial charge in [0.1, 0.15) is 19.4 Å². The van der Waals surface area contributed by atoms with Crippen molar-refractivity contribution in [3.05, 3.63) is 71.4 Å². The second-order valence-corrected chi connectivity index (χ2v) is 6.69. The number of rotatable bonds is 6. The van der Waals surface area contributed by atoms with Gasteiger partial charge in [-0.25, -0.2) is 9.37 Å². The van der Waals surface area contributed by atoms with Gasteiger partial charge in [-0.2, -0.15) is 9.61 Å². The maximum atomic E-state index is 12.6. The predicted octanol–water partition coefficient (Wildman–Crippen LogP) is 3.23. The monoisotopic (exact) mass is 394 g/mol. The van der Waals surface area contributed by atoms with Crippen LogP contribution in [0.25, 0.3) is 16.9 Å². The Morgan fingerprint density at radius 3 is 2.75 bits per heavy atom. The van der Waals surface area contributed by atoms with Crippen LogP contribution in [0, 0.1) is 0 Å². The predicted molar refractivity (Wildman–Crippen MR) is 112 cm³/mol. The Bertz CT molecular complexity index is 1130. The number of benzene rings is 2. The van der Waals surface area contributed by atoms with Crippen molar-refractivity contribution in [2.75, 3.05) is 12.2 Å². The lowest BCUT2D eigenvalue weighted by molar-refractivity contribution is 0.190.